The highest BCUT2D eigenvalue weighted by atomic mass is 79.9. The van der Waals surface area contributed by atoms with E-state index in [0.717, 1.165) is 0 Å². The molecule has 6 heteroatoms. The van der Waals surface area contributed by atoms with E-state index in [4.69, 9.17) is 27.9 Å². The Morgan fingerprint density at radius 1 is 1.10 bits per heavy atom. The topological polar surface area (TPSA) is 35.0 Å². The summed E-state index contributed by atoms with van der Waals surface area (Å²) in [6.07, 6.45) is 0. The van der Waals surface area contributed by atoms with E-state index in [1.165, 1.54) is 0 Å². The van der Waals surface area contributed by atoms with Gasteiger partial charge in [-0.05, 0) is 34.1 Å². The molecule has 0 aliphatic heterocycles. The Bertz CT molecular complexity index is 642. The SMILES string of the molecule is CC(C)(C)c1nc(Br)cc(Oc2ccc(Cl)cc2Cl)n1. The summed E-state index contributed by atoms with van der Waals surface area (Å²) in [6, 6.07) is 6.74. The average Bonchev–Trinajstić information content (AvgIpc) is 2.31. The van der Waals surface area contributed by atoms with Crippen molar-refractivity contribution < 1.29 is 4.74 Å². The van der Waals surface area contributed by atoms with Gasteiger partial charge in [0, 0.05) is 16.5 Å². The third-order valence-electron chi connectivity index (χ3n) is 2.45. The minimum Gasteiger partial charge on any atom is -0.437 e. The number of ether oxygens (including phenoxy) is 1. The fraction of sp³-hybridized carbons (Fsp3) is 0.286. The van der Waals surface area contributed by atoms with Crippen LogP contribution in [0.2, 0.25) is 10.0 Å². The van der Waals surface area contributed by atoms with Crippen LogP contribution in [0, 0.1) is 0 Å². The smallest absolute Gasteiger partial charge is 0.223 e. The van der Waals surface area contributed by atoms with Gasteiger partial charge in [-0.15, -0.1) is 0 Å². The van der Waals surface area contributed by atoms with Gasteiger partial charge in [0.25, 0.3) is 0 Å². The zero-order chi connectivity index (χ0) is 14.9. The van der Waals surface area contributed by atoms with E-state index in [1.807, 2.05) is 20.8 Å². The van der Waals surface area contributed by atoms with Gasteiger partial charge in [-0.2, -0.15) is 4.98 Å². The van der Waals surface area contributed by atoms with E-state index in [-0.39, 0.29) is 5.41 Å². The Morgan fingerprint density at radius 2 is 1.80 bits per heavy atom. The van der Waals surface area contributed by atoms with Crippen LogP contribution in [0.25, 0.3) is 0 Å². The first-order valence-corrected chi connectivity index (χ1v) is 7.48. The predicted molar refractivity (Wildman–Crippen MR) is 85.0 cm³/mol. The third kappa shape index (κ3) is 3.84. The third-order valence-corrected chi connectivity index (χ3v) is 3.39. The fourth-order valence-electron chi connectivity index (χ4n) is 1.46. The summed E-state index contributed by atoms with van der Waals surface area (Å²) in [4.78, 5) is 8.76. The van der Waals surface area contributed by atoms with E-state index >= 15 is 0 Å². The minimum absolute atomic E-state index is 0.175. The molecule has 0 N–H and O–H groups in total. The van der Waals surface area contributed by atoms with Crippen molar-refractivity contribution in [1.82, 2.24) is 9.97 Å². The summed E-state index contributed by atoms with van der Waals surface area (Å²) < 4.78 is 6.37. The molecule has 0 aliphatic carbocycles. The number of benzene rings is 1. The number of rotatable bonds is 2. The second kappa shape index (κ2) is 5.88. The summed E-state index contributed by atoms with van der Waals surface area (Å²) in [5, 5.41) is 0.992. The standard InChI is InChI=1S/C14H13BrCl2N2O/c1-14(2,3)13-18-11(15)7-12(19-13)20-10-5-4-8(16)6-9(10)17/h4-7H,1-3H3. The first-order chi connectivity index (χ1) is 9.25. The van der Waals surface area contributed by atoms with Crippen molar-refractivity contribution in [3.8, 4) is 11.6 Å². The van der Waals surface area contributed by atoms with Crippen molar-refractivity contribution in [2.75, 3.05) is 0 Å². The van der Waals surface area contributed by atoms with E-state index in [1.54, 1.807) is 24.3 Å². The monoisotopic (exact) mass is 374 g/mol. The number of hydrogen-bond acceptors (Lipinski definition) is 3. The molecule has 0 spiro atoms. The van der Waals surface area contributed by atoms with Gasteiger partial charge >= 0.3 is 0 Å². The maximum atomic E-state index is 6.08. The van der Waals surface area contributed by atoms with Crippen molar-refractivity contribution >= 4 is 39.1 Å². The van der Waals surface area contributed by atoms with Crippen molar-refractivity contribution in [1.29, 1.82) is 0 Å². The molecular formula is C14H13BrCl2N2O. The van der Waals surface area contributed by atoms with Crippen LogP contribution in [-0.4, -0.2) is 9.97 Å². The molecule has 0 saturated carbocycles. The minimum atomic E-state index is -0.175. The molecular weight excluding hydrogens is 363 g/mol. The summed E-state index contributed by atoms with van der Waals surface area (Å²) in [5.74, 6) is 1.62. The molecule has 0 aliphatic rings. The van der Waals surface area contributed by atoms with Crippen molar-refractivity contribution in [3.05, 3.63) is 44.7 Å². The van der Waals surface area contributed by atoms with E-state index < -0.39 is 0 Å². The highest BCUT2D eigenvalue weighted by Gasteiger charge is 2.19. The predicted octanol–water partition coefficient (Wildman–Crippen LogP) is 5.64. The second-order valence-electron chi connectivity index (χ2n) is 5.28. The van der Waals surface area contributed by atoms with Crippen LogP contribution in [0.3, 0.4) is 0 Å². The fourth-order valence-corrected chi connectivity index (χ4v) is 2.27. The number of hydrogen-bond donors (Lipinski definition) is 0. The van der Waals surface area contributed by atoms with Crippen molar-refractivity contribution in [2.45, 2.75) is 26.2 Å². The molecule has 0 amide bonds. The van der Waals surface area contributed by atoms with Crippen LogP contribution < -0.4 is 4.74 Å². The quantitative estimate of drug-likeness (QED) is 0.637. The lowest BCUT2D eigenvalue weighted by atomic mass is 9.96. The van der Waals surface area contributed by atoms with E-state index in [2.05, 4.69) is 25.9 Å². The largest absolute Gasteiger partial charge is 0.437 e. The summed E-state index contributed by atoms with van der Waals surface area (Å²) in [7, 11) is 0. The lowest BCUT2D eigenvalue weighted by molar-refractivity contribution is 0.445. The van der Waals surface area contributed by atoms with Gasteiger partial charge < -0.3 is 4.74 Å². The van der Waals surface area contributed by atoms with Crippen LogP contribution in [0.15, 0.2) is 28.9 Å². The first kappa shape index (κ1) is 15.5. The summed E-state index contributed by atoms with van der Waals surface area (Å²) in [6.45, 7) is 6.11. The number of aromatic nitrogens is 2. The molecule has 3 nitrogen and oxygen atoms in total. The zero-order valence-corrected chi connectivity index (χ0v) is 14.3. The highest BCUT2D eigenvalue weighted by molar-refractivity contribution is 9.10. The molecule has 1 heterocycles. The van der Waals surface area contributed by atoms with Crippen LogP contribution in [0.1, 0.15) is 26.6 Å². The van der Waals surface area contributed by atoms with Crippen LogP contribution in [-0.2, 0) is 5.41 Å². The van der Waals surface area contributed by atoms with E-state index in [9.17, 15) is 0 Å². The Hall–Kier alpha value is -0.840. The molecule has 2 aromatic rings. The molecule has 2 rings (SSSR count). The molecule has 1 aromatic carbocycles. The van der Waals surface area contributed by atoms with Gasteiger partial charge in [-0.25, -0.2) is 4.98 Å². The van der Waals surface area contributed by atoms with E-state index in [0.29, 0.717) is 32.1 Å². The normalized spacial score (nSPS) is 11.5. The first-order valence-electron chi connectivity index (χ1n) is 5.94. The molecule has 106 valence electrons. The van der Waals surface area contributed by atoms with Crippen LogP contribution in [0.4, 0.5) is 0 Å². The van der Waals surface area contributed by atoms with Gasteiger partial charge in [0.2, 0.25) is 5.88 Å². The van der Waals surface area contributed by atoms with Gasteiger partial charge in [0.15, 0.2) is 0 Å². The molecule has 0 bridgehead atoms. The van der Waals surface area contributed by atoms with Gasteiger partial charge in [-0.3, -0.25) is 0 Å². The maximum Gasteiger partial charge on any atom is 0.223 e. The molecule has 0 unspecified atom stereocenters. The Labute approximate surface area is 136 Å². The Balaban J connectivity index is 2.36. The molecule has 0 radical (unpaired) electrons. The summed E-state index contributed by atoms with van der Waals surface area (Å²) in [5.41, 5.74) is -0.175. The Kier molecular flexibility index (Phi) is 4.57. The van der Waals surface area contributed by atoms with Gasteiger partial charge in [-0.1, -0.05) is 44.0 Å². The lowest BCUT2D eigenvalue weighted by Crippen LogP contribution is -2.16. The highest BCUT2D eigenvalue weighted by Crippen LogP contribution is 2.32. The lowest BCUT2D eigenvalue weighted by Gasteiger charge is -2.17. The molecule has 0 fully saturated rings. The molecule has 20 heavy (non-hydrogen) atoms. The van der Waals surface area contributed by atoms with Gasteiger partial charge in [0.1, 0.15) is 16.2 Å². The summed E-state index contributed by atoms with van der Waals surface area (Å²) >= 11 is 15.3. The molecule has 0 saturated heterocycles. The molecule has 1 aromatic heterocycles. The molecule has 0 atom stereocenters. The number of nitrogens with zero attached hydrogens (tertiary/aromatic N) is 2. The van der Waals surface area contributed by atoms with Crippen LogP contribution >= 0.6 is 39.1 Å². The van der Waals surface area contributed by atoms with Crippen molar-refractivity contribution in [2.24, 2.45) is 0 Å². The number of halogens is 3. The van der Waals surface area contributed by atoms with Crippen LogP contribution in [0.5, 0.6) is 11.6 Å². The van der Waals surface area contributed by atoms with Gasteiger partial charge in [0.05, 0.1) is 5.02 Å². The average molecular weight is 376 g/mol. The Morgan fingerprint density at radius 3 is 2.40 bits per heavy atom. The zero-order valence-electron chi connectivity index (χ0n) is 11.2. The maximum absolute atomic E-state index is 6.08. The second-order valence-corrected chi connectivity index (χ2v) is 6.94. The van der Waals surface area contributed by atoms with Crippen molar-refractivity contribution in [3.63, 3.8) is 0 Å².